The standard InChI is InChI=1S/C61H100O6/c1-4-7-10-13-16-19-22-25-27-28-29-30-31-32-33-34-35-37-39-42-45-48-51-54-60(63)66-57-58(56-65-59(62)53-50-47-44-41-38-24-21-18-15-12-9-6-3)67-61(64)55-52-49-46-43-40-36-26-23-20-17-14-11-8-5-2/h7,10,16,18-19,21,23,25-27,29-30,32-33,35,37,42,45,58H,4-6,8-9,11-15,17,20,22,24,28,31,34,36,38-41,43-44,46-57H2,1-3H3/b10-7-,19-16-,21-18-,26-23-,27-25-,30-29-,33-32-,37-35-,45-42-. The fraction of sp³-hybridized carbons (Fsp3) is 0.656. The van der Waals surface area contributed by atoms with E-state index in [9.17, 15) is 14.4 Å². The number of carbonyl (C=O) groups excluding carboxylic acids is 3. The lowest BCUT2D eigenvalue weighted by molar-refractivity contribution is -0.167. The van der Waals surface area contributed by atoms with E-state index in [-0.39, 0.29) is 37.5 Å². The van der Waals surface area contributed by atoms with Crippen molar-refractivity contribution in [1.82, 2.24) is 0 Å². The first-order chi connectivity index (χ1) is 33.0. The number of carbonyl (C=O) groups is 3. The van der Waals surface area contributed by atoms with Crippen molar-refractivity contribution in [2.75, 3.05) is 13.2 Å². The normalized spacial score (nSPS) is 12.9. The molecule has 0 heterocycles. The van der Waals surface area contributed by atoms with Crippen molar-refractivity contribution in [2.24, 2.45) is 0 Å². The molecule has 0 aliphatic carbocycles. The second-order valence-electron chi connectivity index (χ2n) is 17.7. The van der Waals surface area contributed by atoms with Gasteiger partial charge in [0.1, 0.15) is 13.2 Å². The molecule has 380 valence electrons. The lowest BCUT2D eigenvalue weighted by atomic mass is 10.1. The minimum absolute atomic E-state index is 0.105. The summed E-state index contributed by atoms with van der Waals surface area (Å²) in [5.74, 6) is -0.988. The summed E-state index contributed by atoms with van der Waals surface area (Å²) in [5, 5.41) is 0. The van der Waals surface area contributed by atoms with Crippen LogP contribution in [0.4, 0.5) is 0 Å². The van der Waals surface area contributed by atoms with Crippen molar-refractivity contribution in [3.05, 3.63) is 109 Å². The number of ether oxygens (including phenoxy) is 3. The zero-order chi connectivity index (χ0) is 48.6. The predicted molar refractivity (Wildman–Crippen MR) is 288 cm³/mol. The third kappa shape index (κ3) is 52.9. The first-order valence-electron chi connectivity index (χ1n) is 27.4. The van der Waals surface area contributed by atoms with E-state index in [4.69, 9.17) is 14.2 Å². The van der Waals surface area contributed by atoms with Crippen molar-refractivity contribution in [3.63, 3.8) is 0 Å². The molecule has 67 heavy (non-hydrogen) atoms. The van der Waals surface area contributed by atoms with E-state index < -0.39 is 6.10 Å². The van der Waals surface area contributed by atoms with Gasteiger partial charge in [0, 0.05) is 19.3 Å². The molecule has 0 aliphatic rings. The average molecular weight is 929 g/mol. The van der Waals surface area contributed by atoms with Crippen LogP contribution in [0.25, 0.3) is 0 Å². The summed E-state index contributed by atoms with van der Waals surface area (Å²) in [6.07, 6.45) is 73.6. The highest BCUT2D eigenvalue weighted by molar-refractivity contribution is 5.71. The fourth-order valence-electron chi connectivity index (χ4n) is 7.13. The maximum absolute atomic E-state index is 12.8. The molecule has 0 saturated carbocycles. The minimum atomic E-state index is -0.810. The van der Waals surface area contributed by atoms with E-state index in [1.807, 2.05) is 0 Å². The maximum atomic E-state index is 12.8. The van der Waals surface area contributed by atoms with Crippen molar-refractivity contribution < 1.29 is 28.6 Å². The molecule has 1 unspecified atom stereocenters. The fourth-order valence-corrected chi connectivity index (χ4v) is 7.13. The van der Waals surface area contributed by atoms with Crippen LogP contribution in [0.1, 0.15) is 239 Å². The summed E-state index contributed by atoms with van der Waals surface area (Å²) in [6.45, 7) is 6.42. The molecule has 0 saturated heterocycles. The van der Waals surface area contributed by atoms with Crippen LogP contribution in [-0.4, -0.2) is 37.2 Å². The summed E-state index contributed by atoms with van der Waals surface area (Å²) in [6, 6.07) is 0. The van der Waals surface area contributed by atoms with Crippen LogP contribution in [0, 0.1) is 0 Å². The van der Waals surface area contributed by atoms with Crippen LogP contribution in [0.15, 0.2) is 109 Å². The third-order valence-electron chi connectivity index (χ3n) is 11.2. The molecule has 6 heteroatoms. The Morgan fingerprint density at radius 1 is 0.313 bits per heavy atom. The van der Waals surface area contributed by atoms with E-state index >= 15 is 0 Å². The lowest BCUT2D eigenvalue weighted by Gasteiger charge is -2.18. The van der Waals surface area contributed by atoms with Crippen LogP contribution < -0.4 is 0 Å². The SMILES string of the molecule is CC/C=C\C/C=C\C/C=C\C/C=C\C/C=C\C/C=C\C/C=C\CCCC(=O)OCC(COC(=O)CCCCCCC/C=C\CCCCC)OC(=O)CCCCCCC/C=C\CCCCCCC. The molecule has 0 spiro atoms. The number of unbranched alkanes of at least 4 members (excludes halogenated alkanes) is 19. The van der Waals surface area contributed by atoms with Gasteiger partial charge in [0.05, 0.1) is 0 Å². The molecule has 0 aromatic carbocycles. The highest BCUT2D eigenvalue weighted by Gasteiger charge is 2.19. The highest BCUT2D eigenvalue weighted by Crippen LogP contribution is 2.13. The van der Waals surface area contributed by atoms with Gasteiger partial charge in [0.2, 0.25) is 0 Å². The first kappa shape index (κ1) is 63.1. The monoisotopic (exact) mass is 929 g/mol. The molecule has 0 aliphatic heterocycles. The molecule has 6 nitrogen and oxygen atoms in total. The van der Waals surface area contributed by atoms with E-state index in [0.717, 1.165) is 116 Å². The quantitative estimate of drug-likeness (QED) is 0.0262. The van der Waals surface area contributed by atoms with Gasteiger partial charge in [-0.05, 0) is 122 Å². The zero-order valence-corrected chi connectivity index (χ0v) is 43.4. The Kier molecular flexibility index (Phi) is 51.5. The zero-order valence-electron chi connectivity index (χ0n) is 43.4. The third-order valence-corrected chi connectivity index (χ3v) is 11.2. The molecule has 1 atom stereocenters. The second kappa shape index (κ2) is 54.7. The summed E-state index contributed by atoms with van der Waals surface area (Å²) >= 11 is 0. The molecular formula is C61H100O6. The van der Waals surface area contributed by atoms with Gasteiger partial charge in [-0.3, -0.25) is 14.4 Å². The van der Waals surface area contributed by atoms with E-state index in [1.165, 1.54) is 77.0 Å². The topological polar surface area (TPSA) is 78.9 Å². The molecule has 0 rings (SSSR count). The number of allylic oxidation sites excluding steroid dienone is 18. The van der Waals surface area contributed by atoms with Gasteiger partial charge in [0.25, 0.3) is 0 Å². The Balaban J connectivity index is 4.48. The Morgan fingerprint density at radius 2 is 0.597 bits per heavy atom. The molecule has 0 radical (unpaired) electrons. The van der Waals surface area contributed by atoms with Crippen LogP contribution in [0.3, 0.4) is 0 Å². The van der Waals surface area contributed by atoms with Crippen molar-refractivity contribution in [3.8, 4) is 0 Å². The Morgan fingerprint density at radius 3 is 1.01 bits per heavy atom. The molecule has 0 bridgehead atoms. The van der Waals surface area contributed by atoms with Crippen LogP contribution in [0.2, 0.25) is 0 Å². The average Bonchev–Trinajstić information content (AvgIpc) is 3.33. The smallest absolute Gasteiger partial charge is 0.306 e. The van der Waals surface area contributed by atoms with E-state index in [1.54, 1.807) is 0 Å². The minimum Gasteiger partial charge on any atom is -0.462 e. The van der Waals surface area contributed by atoms with Gasteiger partial charge in [-0.15, -0.1) is 0 Å². The first-order valence-corrected chi connectivity index (χ1v) is 27.4. The predicted octanol–water partition coefficient (Wildman–Crippen LogP) is 18.3. The number of hydrogen-bond acceptors (Lipinski definition) is 6. The van der Waals surface area contributed by atoms with Gasteiger partial charge in [-0.1, -0.05) is 207 Å². The van der Waals surface area contributed by atoms with Crippen molar-refractivity contribution >= 4 is 17.9 Å². The molecule has 0 amide bonds. The summed E-state index contributed by atoms with van der Waals surface area (Å²) in [5.41, 5.74) is 0. The maximum Gasteiger partial charge on any atom is 0.306 e. The van der Waals surface area contributed by atoms with Gasteiger partial charge >= 0.3 is 17.9 Å². The summed E-state index contributed by atoms with van der Waals surface area (Å²) in [4.78, 5) is 38.0. The Hall–Kier alpha value is -3.93. The molecule has 0 N–H and O–H groups in total. The van der Waals surface area contributed by atoms with Gasteiger partial charge in [-0.2, -0.15) is 0 Å². The number of esters is 3. The van der Waals surface area contributed by atoms with E-state index in [0.29, 0.717) is 19.3 Å². The molecule has 0 aromatic heterocycles. The lowest BCUT2D eigenvalue weighted by Crippen LogP contribution is -2.30. The van der Waals surface area contributed by atoms with Crippen LogP contribution in [-0.2, 0) is 28.6 Å². The van der Waals surface area contributed by atoms with Gasteiger partial charge < -0.3 is 14.2 Å². The van der Waals surface area contributed by atoms with E-state index in [2.05, 4.69) is 130 Å². The van der Waals surface area contributed by atoms with Crippen LogP contribution >= 0.6 is 0 Å². The van der Waals surface area contributed by atoms with Crippen LogP contribution in [0.5, 0.6) is 0 Å². The molecule has 0 fully saturated rings. The molecule has 0 aromatic rings. The Labute approximate surface area is 412 Å². The second-order valence-corrected chi connectivity index (χ2v) is 17.7. The largest absolute Gasteiger partial charge is 0.462 e. The molecular weight excluding hydrogens is 829 g/mol. The number of hydrogen-bond donors (Lipinski definition) is 0. The van der Waals surface area contributed by atoms with Crippen molar-refractivity contribution in [2.45, 2.75) is 245 Å². The van der Waals surface area contributed by atoms with Gasteiger partial charge in [0.15, 0.2) is 6.10 Å². The van der Waals surface area contributed by atoms with Gasteiger partial charge in [-0.25, -0.2) is 0 Å². The number of rotatable bonds is 48. The highest BCUT2D eigenvalue weighted by atomic mass is 16.6. The van der Waals surface area contributed by atoms with Crippen molar-refractivity contribution in [1.29, 1.82) is 0 Å². The summed E-state index contributed by atoms with van der Waals surface area (Å²) in [7, 11) is 0. The summed E-state index contributed by atoms with van der Waals surface area (Å²) < 4.78 is 16.7. The Bertz CT molecular complexity index is 1390.